The number of esters is 1. The summed E-state index contributed by atoms with van der Waals surface area (Å²) in [5, 5.41) is 4.43. The van der Waals surface area contributed by atoms with Gasteiger partial charge >= 0.3 is 5.97 Å². The lowest BCUT2D eigenvalue weighted by molar-refractivity contribution is 0.0600. The van der Waals surface area contributed by atoms with E-state index in [9.17, 15) is 13.2 Å². The number of benzene rings is 3. The number of para-hydroxylation sites is 2. The van der Waals surface area contributed by atoms with E-state index >= 15 is 0 Å². The molecule has 0 atom stereocenters. The molecule has 0 unspecified atom stereocenters. The predicted octanol–water partition coefficient (Wildman–Crippen LogP) is 3.98. The van der Waals surface area contributed by atoms with Gasteiger partial charge in [0, 0.05) is 0 Å². The van der Waals surface area contributed by atoms with Gasteiger partial charge in [-0.15, -0.1) is 0 Å². The third kappa shape index (κ3) is 3.97. The highest BCUT2D eigenvalue weighted by Gasteiger charge is 2.30. The van der Waals surface area contributed by atoms with E-state index in [0.29, 0.717) is 22.2 Å². The maximum absolute atomic E-state index is 13.7. The molecule has 0 aliphatic heterocycles. The highest BCUT2D eigenvalue weighted by Crippen LogP contribution is 2.35. The molecule has 0 aliphatic carbocycles. The lowest BCUT2D eigenvalue weighted by Crippen LogP contribution is -2.06. The number of nitrogen functional groups attached to an aromatic ring is 1. The zero-order valence-corrected chi connectivity index (χ0v) is 20.2. The zero-order valence-electron chi connectivity index (χ0n) is 19.4. The fraction of sp³-hybridized carbons (Fsp3) is 0.0769. The van der Waals surface area contributed by atoms with Crippen molar-refractivity contribution in [1.29, 1.82) is 0 Å². The molecule has 0 amide bonds. The number of hydrogen-bond acceptors (Lipinski definition) is 8. The number of anilines is 1. The SMILES string of the molecule is COC(=O)c1ccc(/C=N/n2c(N)c(S(=O)(=O)c3ccc(C)cc3)c3nc4ccccc4nc32)cc1. The normalized spacial score (nSPS) is 11.9. The van der Waals surface area contributed by atoms with Gasteiger partial charge in [0.25, 0.3) is 0 Å². The summed E-state index contributed by atoms with van der Waals surface area (Å²) in [5.74, 6) is -0.560. The average Bonchev–Trinajstić information content (AvgIpc) is 3.16. The molecule has 0 bridgehead atoms. The molecule has 0 saturated carbocycles. The Bertz CT molecular complexity index is 1760. The van der Waals surface area contributed by atoms with Crippen LogP contribution >= 0.6 is 0 Å². The summed E-state index contributed by atoms with van der Waals surface area (Å²) < 4.78 is 33.3. The van der Waals surface area contributed by atoms with Gasteiger partial charge in [0.1, 0.15) is 16.2 Å². The number of carbonyl (C=O) groups is 1. The van der Waals surface area contributed by atoms with Crippen LogP contribution in [0.1, 0.15) is 21.5 Å². The van der Waals surface area contributed by atoms with E-state index in [1.165, 1.54) is 30.1 Å². The number of nitrogens with two attached hydrogens (primary N) is 1. The first-order chi connectivity index (χ1) is 17.3. The maximum Gasteiger partial charge on any atom is 0.337 e. The van der Waals surface area contributed by atoms with Crippen molar-refractivity contribution >= 4 is 50.0 Å². The number of methoxy groups -OCH3 is 1. The highest BCUT2D eigenvalue weighted by molar-refractivity contribution is 7.92. The molecule has 2 N–H and O–H groups in total. The standard InChI is InChI=1S/C26H21N5O4S/c1-16-7-13-19(14-8-16)36(33,34)23-22-25(30-21-6-4-3-5-20(21)29-22)31(24(23)27)28-15-17-9-11-18(12-10-17)26(32)35-2/h3-15H,27H2,1-2H3/b28-15+. The van der Waals surface area contributed by atoms with Crippen molar-refractivity contribution in [2.45, 2.75) is 16.7 Å². The second-order valence-electron chi connectivity index (χ2n) is 8.09. The predicted molar refractivity (Wildman–Crippen MR) is 137 cm³/mol. The van der Waals surface area contributed by atoms with E-state index in [2.05, 4.69) is 15.1 Å². The van der Waals surface area contributed by atoms with Crippen LogP contribution in [0.15, 0.2) is 87.7 Å². The van der Waals surface area contributed by atoms with Crippen molar-refractivity contribution in [3.8, 4) is 0 Å². The van der Waals surface area contributed by atoms with Crippen molar-refractivity contribution < 1.29 is 17.9 Å². The average molecular weight is 500 g/mol. The van der Waals surface area contributed by atoms with Crippen LogP contribution in [0.4, 0.5) is 5.82 Å². The molecule has 5 aromatic rings. The van der Waals surface area contributed by atoms with Crippen LogP contribution in [0.3, 0.4) is 0 Å². The Balaban J connectivity index is 1.70. The van der Waals surface area contributed by atoms with E-state index in [0.717, 1.165) is 5.56 Å². The number of carbonyl (C=O) groups excluding carboxylic acids is 1. The highest BCUT2D eigenvalue weighted by atomic mass is 32.2. The molecule has 3 aromatic carbocycles. The van der Waals surface area contributed by atoms with Crippen LogP contribution in [-0.4, -0.2) is 42.4 Å². The Morgan fingerprint density at radius 1 is 0.972 bits per heavy atom. The Kier molecular flexibility index (Phi) is 5.73. The third-order valence-electron chi connectivity index (χ3n) is 5.68. The molecule has 0 fully saturated rings. The molecule has 0 saturated heterocycles. The van der Waals surface area contributed by atoms with Gasteiger partial charge in [-0.1, -0.05) is 42.0 Å². The fourth-order valence-corrected chi connectivity index (χ4v) is 5.27. The number of rotatable bonds is 5. The summed E-state index contributed by atoms with van der Waals surface area (Å²) in [7, 11) is -2.73. The summed E-state index contributed by atoms with van der Waals surface area (Å²) in [5.41, 5.74) is 9.82. The molecular weight excluding hydrogens is 478 g/mol. The molecule has 5 rings (SSSR count). The molecule has 180 valence electrons. The second-order valence-corrected chi connectivity index (χ2v) is 9.97. The van der Waals surface area contributed by atoms with E-state index < -0.39 is 15.8 Å². The molecule has 2 aromatic heterocycles. The number of aromatic nitrogens is 3. The first-order valence-corrected chi connectivity index (χ1v) is 12.4. The Morgan fingerprint density at radius 3 is 2.25 bits per heavy atom. The van der Waals surface area contributed by atoms with Crippen LogP contribution in [0.2, 0.25) is 0 Å². The first kappa shape index (κ1) is 23.2. The van der Waals surface area contributed by atoms with Gasteiger partial charge in [0.2, 0.25) is 9.84 Å². The Morgan fingerprint density at radius 2 is 1.61 bits per heavy atom. The molecule has 10 heteroatoms. The largest absolute Gasteiger partial charge is 0.465 e. The van der Waals surface area contributed by atoms with Crippen molar-refractivity contribution in [2.75, 3.05) is 12.8 Å². The number of fused-ring (bicyclic) bond motifs is 2. The number of nitrogens with zero attached hydrogens (tertiary/aromatic N) is 4. The van der Waals surface area contributed by atoms with E-state index in [-0.39, 0.29) is 26.8 Å². The minimum atomic E-state index is -4.04. The minimum absolute atomic E-state index is 0.0937. The number of aryl methyl sites for hydroxylation is 1. The number of ether oxygens (including phenoxy) is 1. The van der Waals surface area contributed by atoms with Gasteiger partial charge in [-0.25, -0.2) is 23.2 Å². The van der Waals surface area contributed by atoms with Crippen LogP contribution in [-0.2, 0) is 14.6 Å². The fourth-order valence-electron chi connectivity index (χ4n) is 3.79. The lowest BCUT2D eigenvalue weighted by atomic mass is 10.1. The molecular formula is C26H21N5O4S. The zero-order chi connectivity index (χ0) is 25.4. The van der Waals surface area contributed by atoms with Gasteiger partial charge in [-0.05, 0) is 48.9 Å². The van der Waals surface area contributed by atoms with Crippen LogP contribution < -0.4 is 5.73 Å². The van der Waals surface area contributed by atoms with E-state index in [1.807, 2.05) is 13.0 Å². The topological polar surface area (TPSA) is 130 Å². The Labute approximate surface area is 206 Å². The minimum Gasteiger partial charge on any atom is -0.465 e. The van der Waals surface area contributed by atoms with Gasteiger partial charge in [0.05, 0.1) is 34.8 Å². The molecule has 0 radical (unpaired) electrons. The molecule has 36 heavy (non-hydrogen) atoms. The van der Waals surface area contributed by atoms with Gasteiger partial charge in [0.15, 0.2) is 5.65 Å². The Hall–Kier alpha value is -4.57. The molecule has 0 aliphatic rings. The summed E-state index contributed by atoms with van der Waals surface area (Å²) in [6.07, 6.45) is 1.50. The van der Waals surface area contributed by atoms with Gasteiger partial charge < -0.3 is 10.5 Å². The molecule has 2 heterocycles. The number of sulfone groups is 1. The molecule has 9 nitrogen and oxygen atoms in total. The smallest absolute Gasteiger partial charge is 0.337 e. The molecule has 0 spiro atoms. The van der Waals surface area contributed by atoms with Crippen molar-refractivity contribution in [3.05, 3.63) is 89.5 Å². The van der Waals surface area contributed by atoms with E-state index in [4.69, 9.17) is 10.5 Å². The first-order valence-electron chi connectivity index (χ1n) is 10.9. The van der Waals surface area contributed by atoms with Crippen LogP contribution in [0.25, 0.3) is 22.2 Å². The van der Waals surface area contributed by atoms with Crippen molar-refractivity contribution in [3.63, 3.8) is 0 Å². The van der Waals surface area contributed by atoms with Crippen LogP contribution in [0, 0.1) is 6.92 Å². The van der Waals surface area contributed by atoms with Crippen molar-refractivity contribution in [2.24, 2.45) is 5.10 Å². The summed E-state index contributed by atoms with van der Waals surface area (Å²) in [6, 6.07) is 20.2. The summed E-state index contributed by atoms with van der Waals surface area (Å²) in [6.45, 7) is 1.88. The van der Waals surface area contributed by atoms with Crippen molar-refractivity contribution in [1.82, 2.24) is 14.6 Å². The summed E-state index contributed by atoms with van der Waals surface area (Å²) in [4.78, 5) is 20.8. The van der Waals surface area contributed by atoms with Crippen LogP contribution in [0.5, 0.6) is 0 Å². The summed E-state index contributed by atoms with van der Waals surface area (Å²) >= 11 is 0. The lowest BCUT2D eigenvalue weighted by Gasteiger charge is -2.05. The second kappa shape index (κ2) is 8.90. The monoisotopic (exact) mass is 499 g/mol. The van der Waals surface area contributed by atoms with Gasteiger partial charge in [-0.3, -0.25) is 0 Å². The maximum atomic E-state index is 13.7. The number of hydrogen-bond donors (Lipinski definition) is 1. The van der Waals surface area contributed by atoms with Gasteiger partial charge in [-0.2, -0.15) is 9.78 Å². The third-order valence-corrected chi connectivity index (χ3v) is 7.52. The van der Waals surface area contributed by atoms with E-state index in [1.54, 1.807) is 54.6 Å². The quantitative estimate of drug-likeness (QED) is 0.286.